The van der Waals surface area contributed by atoms with Crippen molar-refractivity contribution in [2.75, 3.05) is 25.5 Å². The monoisotopic (exact) mass is 278 g/mol. The van der Waals surface area contributed by atoms with Crippen molar-refractivity contribution in [2.45, 2.75) is 19.5 Å². The zero-order valence-electron chi connectivity index (χ0n) is 11.5. The van der Waals surface area contributed by atoms with E-state index in [1.165, 1.54) is 0 Å². The molecule has 1 aliphatic heterocycles. The van der Waals surface area contributed by atoms with Gasteiger partial charge in [-0.1, -0.05) is 6.07 Å². The van der Waals surface area contributed by atoms with Gasteiger partial charge in [-0.15, -0.1) is 0 Å². The third-order valence-corrected chi connectivity index (χ3v) is 3.54. The number of benzene rings is 1. The van der Waals surface area contributed by atoms with Crippen molar-refractivity contribution in [3.8, 4) is 0 Å². The molecular formula is C13H18N4O3. The highest BCUT2D eigenvalue weighted by molar-refractivity contribution is 5.82. The SMILES string of the molecule is CNc1ccc(CN2CCNC(=O)C2C)cc1[N+](=O)[O-]. The summed E-state index contributed by atoms with van der Waals surface area (Å²) in [6, 6.07) is 4.89. The molecule has 1 fully saturated rings. The van der Waals surface area contributed by atoms with Gasteiger partial charge in [0.05, 0.1) is 11.0 Å². The maximum Gasteiger partial charge on any atom is 0.292 e. The minimum absolute atomic E-state index is 0.00223. The van der Waals surface area contributed by atoms with Crippen molar-refractivity contribution in [2.24, 2.45) is 0 Å². The fraction of sp³-hybridized carbons (Fsp3) is 0.462. The maximum absolute atomic E-state index is 11.6. The Morgan fingerprint density at radius 1 is 1.55 bits per heavy atom. The van der Waals surface area contributed by atoms with E-state index in [0.29, 0.717) is 18.8 Å². The van der Waals surface area contributed by atoms with Crippen molar-refractivity contribution >= 4 is 17.3 Å². The number of rotatable bonds is 4. The summed E-state index contributed by atoms with van der Waals surface area (Å²) >= 11 is 0. The Morgan fingerprint density at radius 2 is 2.30 bits per heavy atom. The van der Waals surface area contributed by atoms with Gasteiger partial charge in [0, 0.05) is 32.7 Å². The number of nitrogens with one attached hydrogen (secondary N) is 2. The Labute approximate surface area is 117 Å². The van der Waals surface area contributed by atoms with Gasteiger partial charge in [-0.05, 0) is 18.6 Å². The number of hydrogen-bond donors (Lipinski definition) is 2. The Morgan fingerprint density at radius 3 is 2.95 bits per heavy atom. The summed E-state index contributed by atoms with van der Waals surface area (Å²) in [5, 5.41) is 16.6. The van der Waals surface area contributed by atoms with Crippen molar-refractivity contribution in [3.63, 3.8) is 0 Å². The highest BCUT2D eigenvalue weighted by atomic mass is 16.6. The molecule has 1 saturated heterocycles. The molecular weight excluding hydrogens is 260 g/mol. The molecule has 1 unspecified atom stereocenters. The molecule has 2 N–H and O–H groups in total. The van der Waals surface area contributed by atoms with Crippen LogP contribution in [-0.4, -0.2) is 41.9 Å². The van der Waals surface area contributed by atoms with Gasteiger partial charge in [0.1, 0.15) is 5.69 Å². The van der Waals surface area contributed by atoms with Crippen LogP contribution in [0.1, 0.15) is 12.5 Å². The molecule has 7 nitrogen and oxygen atoms in total. The first kappa shape index (κ1) is 14.3. The van der Waals surface area contributed by atoms with Crippen LogP contribution in [0.5, 0.6) is 0 Å². The number of nitrogens with zero attached hydrogens (tertiary/aromatic N) is 2. The molecule has 1 atom stereocenters. The van der Waals surface area contributed by atoms with Crippen LogP contribution in [-0.2, 0) is 11.3 Å². The Kier molecular flexibility index (Phi) is 4.19. The number of nitro benzene ring substituents is 1. The molecule has 2 rings (SSSR count). The zero-order valence-corrected chi connectivity index (χ0v) is 11.5. The van der Waals surface area contributed by atoms with Gasteiger partial charge in [-0.3, -0.25) is 19.8 Å². The lowest BCUT2D eigenvalue weighted by Crippen LogP contribution is -2.53. The molecule has 1 heterocycles. The largest absolute Gasteiger partial charge is 0.383 e. The molecule has 0 bridgehead atoms. The fourth-order valence-electron chi connectivity index (χ4n) is 2.32. The summed E-state index contributed by atoms with van der Waals surface area (Å²) in [5.74, 6) is -0.00223. The summed E-state index contributed by atoms with van der Waals surface area (Å²) in [5.41, 5.74) is 1.37. The lowest BCUT2D eigenvalue weighted by molar-refractivity contribution is -0.384. The molecule has 0 aliphatic carbocycles. The number of nitro groups is 1. The van der Waals surface area contributed by atoms with E-state index >= 15 is 0 Å². The number of piperazine rings is 1. The van der Waals surface area contributed by atoms with Crippen molar-refractivity contribution in [1.29, 1.82) is 0 Å². The van der Waals surface area contributed by atoms with Crippen LogP contribution in [0.15, 0.2) is 18.2 Å². The Hall–Kier alpha value is -2.15. The highest BCUT2D eigenvalue weighted by Crippen LogP contribution is 2.26. The van der Waals surface area contributed by atoms with Crippen molar-refractivity contribution in [3.05, 3.63) is 33.9 Å². The Balaban J connectivity index is 2.19. The molecule has 0 radical (unpaired) electrons. The highest BCUT2D eigenvalue weighted by Gasteiger charge is 2.25. The molecule has 7 heteroatoms. The molecule has 20 heavy (non-hydrogen) atoms. The molecule has 1 aliphatic rings. The van der Waals surface area contributed by atoms with Crippen LogP contribution in [0.4, 0.5) is 11.4 Å². The summed E-state index contributed by atoms with van der Waals surface area (Å²) in [7, 11) is 1.65. The molecule has 1 amide bonds. The molecule has 0 spiro atoms. The first-order valence-electron chi connectivity index (χ1n) is 6.49. The van der Waals surface area contributed by atoms with Crippen molar-refractivity contribution < 1.29 is 9.72 Å². The summed E-state index contributed by atoms with van der Waals surface area (Å²) in [6.07, 6.45) is 0. The minimum atomic E-state index is -0.401. The van der Waals surface area contributed by atoms with Crippen LogP contribution >= 0.6 is 0 Å². The van der Waals surface area contributed by atoms with Crippen LogP contribution in [0.2, 0.25) is 0 Å². The van der Waals surface area contributed by atoms with E-state index in [-0.39, 0.29) is 17.6 Å². The summed E-state index contributed by atoms with van der Waals surface area (Å²) in [4.78, 5) is 24.2. The van der Waals surface area contributed by atoms with Crippen LogP contribution < -0.4 is 10.6 Å². The minimum Gasteiger partial charge on any atom is -0.383 e. The van der Waals surface area contributed by atoms with Gasteiger partial charge >= 0.3 is 0 Å². The predicted molar refractivity (Wildman–Crippen MR) is 75.5 cm³/mol. The summed E-state index contributed by atoms with van der Waals surface area (Å²) < 4.78 is 0. The third-order valence-electron chi connectivity index (χ3n) is 3.54. The Bertz CT molecular complexity index is 532. The van der Waals surface area contributed by atoms with E-state index in [1.54, 1.807) is 19.2 Å². The quantitative estimate of drug-likeness (QED) is 0.632. The standard InChI is InChI=1S/C13H18N4O3/c1-9-13(18)15-5-6-16(9)8-10-3-4-11(14-2)12(7-10)17(19)20/h3-4,7,9,14H,5-6,8H2,1-2H3,(H,15,18). The van der Waals surface area contributed by atoms with Crippen LogP contribution in [0.3, 0.4) is 0 Å². The molecule has 1 aromatic rings. The fourth-order valence-corrected chi connectivity index (χ4v) is 2.32. The van der Waals surface area contributed by atoms with E-state index < -0.39 is 4.92 Å². The van der Waals surface area contributed by atoms with Gasteiger partial charge in [0.2, 0.25) is 5.91 Å². The van der Waals surface area contributed by atoms with E-state index in [4.69, 9.17) is 0 Å². The first-order valence-corrected chi connectivity index (χ1v) is 6.49. The lowest BCUT2D eigenvalue weighted by Gasteiger charge is -2.32. The second-order valence-electron chi connectivity index (χ2n) is 4.80. The van der Waals surface area contributed by atoms with E-state index in [1.807, 2.05) is 17.9 Å². The predicted octanol–water partition coefficient (Wildman–Crippen LogP) is 0.957. The van der Waals surface area contributed by atoms with E-state index in [0.717, 1.165) is 12.1 Å². The number of anilines is 1. The normalized spacial score (nSPS) is 19.5. The van der Waals surface area contributed by atoms with Gasteiger partial charge in [0.15, 0.2) is 0 Å². The average molecular weight is 278 g/mol. The van der Waals surface area contributed by atoms with Gasteiger partial charge < -0.3 is 10.6 Å². The number of hydrogen-bond acceptors (Lipinski definition) is 5. The topological polar surface area (TPSA) is 87.5 Å². The summed E-state index contributed by atoms with van der Waals surface area (Å²) in [6.45, 7) is 3.72. The number of carbonyl (C=O) groups is 1. The molecule has 0 saturated carbocycles. The van der Waals surface area contributed by atoms with E-state index in [9.17, 15) is 14.9 Å². The first-order chi connectivity index (χ1) is 9.52. The van der Waals surface area contributed by atoms with Gasteiger partial charge in [-0.2, -0.15) is 0 Å². The van der Waals surface area contributed by atoms with Crippen LogP contribution in [0, 0.1) is 10.1 Å². The molecule has 1 aromatic carbocycles. The average Bonchev–Trinajstić information content (AvgIpc) is 2.43. The maximum atomic E-state index is 11.6. The second-order valence-corrected chi connectivity index (χ2v) is 4.80. The molecule has 0 aromatic heterocycles. The molecule has 108 valence electrons. The van der Waals surface area contributed by atoms with Gasteiger partial charge in [-0.25, -0.2) is 0 Å². The van der Waals surface area contributed by atoms with E-state index in [2.05, 4.69) is 10.6 Å². The van der Waals surface area contributed by atoms with Crippen molar-refractivity contribution in [1.82, 2.24) is 10.2 Å². The smallest absolute Gasteiger partial charge is 0.292 e. The lowest BCUT2D eigenvalue weighted by atomic mass is 10.1. The number of amides is 1. The van der Waals surface area contributed by atoms with Gasteiger partial charge in [0.25, 0.3) is 5.69 Å². The second kappa shape index (κ2) is 5.87. The third kappa shape index (κ3) is 2.88. The number of carbonyl (C=O) groups excluding carboxylic acids is 1. The van der Waals surface area contributed by atoms with Crippen LogP contribution in [0.25, 0.3) is 0 Å². The zero-order chi connectivity index (χ0) is 14.7.